The molecular formula is C17H19NO2. The fourth-order valence-electron chi connectivity index (χ4n) is 3.11. The molecule has 1 fully saturated rings. The van der Waals surface area contributed by atoms with Gasteiger partial charge >= 0.3 is 0 Å². The number of para-hydroxylation sites is 1. The first kappa shape index (κ1) is 13.3. The van der Waals surface area contributed by atoms with Gasteiger partial charge in [-0.1, -0.05) is 37.5 Å². The lowest BCUT2D eigenvalue weighted by atomic mass is 9.79. The predicted octanol–water partition coefficient (Wildman–Crippen LogP) is 3.77. The average molecular weight is 269 g/mol. The van der Waals surface area contributed by atoms with E-state index in [0.29, 0.717) is 5.56 Å². The maximum atomic E-state index is 12.8. The van der Waals surface area contributed by atoms with Gasteiger partial charge in [0.2, 0.25) is 0 Å². The standard InChI is InChI=1S/C17H19NO2/c1-20-17(9-5-2-6-10-17)16(19)14-11-13-7-3-4-8-15(13)18-12-14/h3-4,7-8,11-12H,2,5-6,9-10H2,1H3. The smallest absolute Gasteiger partial charge is 0.196 e. The number of benzene rings is 1. The maximum absolute atomic E-state index is 12.8. The third kappa shape index (κ3) is 2.22. The molecule has 1 saturated carbocycles. The van der Waals surface area contributed by atoms with Crippen LogP contribution >= 0.6 is 0 Å². The molecule has 2 aromatic rings. The number of Topliss-reactive ketones (excluding diaryl/α,β-unsaturated/α-hetero) is 1. The van der Waals surface area contributed by atoms with Gasteiger partial charge in [0.25, 0.3) is 0 Å². The summed E-state index contributed by atoms with van der Waals surface area (Å²) < 4.78 is 5.63. The fraction of sp³-hybridized carbons (Fsp3) is 0.412. The fourth-order valence-corrected chi connectivity index (χ4v) is 3.11. The number of hydrogen-bond acceptors (Lipinski definition) is 3. The first-order valence-electron chi connectivity index (χ1n) is 7.20. The van der Waals surface area contributed by atoms with Crippen LogP contribution in [0.1, 0.15) is 42.5 Å². The molecule has 0 radical (unpaired) electrons. The molecule has 1 aliphatic carbocycles. The second kappa shape index (κ2) is 5.33. The molecule has 0 atom stereocenters. The largest absolute Gasteiger partial charge is 0.370 e. The lowest BCUT2D eigenvalue weighted by Crippen LogP contribution is -2.42. The quantitative estimate of drug-likeness (QED) is 0.796. The van der Waals surface area contributed by atoms with Crippen LogP contribution in [0.5, 0.6) is 0 Å². The Kier molecular flexibility index (Phi) is 3.53. The van der Waals surface area contributed by atoms with E-state index in [9.17, 15) is 4.79 Å². The van der Waals surface area contributed by atoms with Crippen LogP contribution in [-0.2, 0) is 4.74 Å². The molecule has 104 valence electrons. The topological polar surface area (TPSA) is 39.2 Å². The van der Waals surface area contributed by atoms with Crippen LogP contribution in [-0.4, -0.2) is 23.5 Å². The summed E-state index contributed by atoms with van der Waals surface area (Å²) in [5, 5.41) is 1.00. The number of carbonyl (C=O) groups excluding carboxylic acids is 1. The van der Waals surface area contributed by atoms with Crippen molar-refractivity contribution in [3.8, 4) is 0 Å². The summed E-state index contributed by atoms with van der Waals surface area (Å²) in [6, 6.07) is 9.79. The van der Waals surface area contributed by atoms with Crippen LogP contribution in [0, 0.1) is 0 Å². The molecule has 0 N–H and O–H groups in total. The van der Waals surface area contributed by atoms with E-state index in [2.05, 4.69) is 4.98 Å². The van der Waals surface area contributed by atoms with Crippen LogP contribution in [0.4, 0.5) is 0 Å². The van der Waals surface area contributed by atoms with Crippen molar-refractivity contribution in [2.24, 2.45) is 0 Å². The minimum Gasteiger partial charge on any atom is -0.370 e. The van der Waals surface area contributed by atoms with Gasteiger partial charge in [-0.25, -0.2) is 0 Å². The molecule has 1 aromatic carbocycles. The normalized spacial score (nSPS) is 18.1. The van der Waals surface area contributed by atoms with Crippen molar-refractivity contribution in [2.75, 3.05) is 7.11 Å². The molecule has 3 rings (SSSR count). The Labute approximate surface area is 119 Å². The van der Waals surface area contributed by atoms with Crippen LogP contribution < -0.4 is 0 Å². The third-order valence-corrected chi connectivity index (χ3v) is 4.32. The highest BCUT2D eigenvalue weighted by molar-refractivity contribution is 6.04. The van der Waals surface area contributed by atoms with Crippen molar-refractivity contribution in [1.29, 1.82) is 0 Å². The number of hydrogen-bond donors (Lipinski definition) is 0. The molecule has 3 nitrogen and oxygen atoms in total. The number of ketones is 1. The van der Waals surface area contributed by atoms with E-state index in [4.69, 9.17) is 4.74 Å². The summed E-state index contributed by atoms with van der Waals surface area (Å²) >= 11 is 0. The zero-order valence-corrected chi connectivity index (χ0v) is 11.8. The number of fused-ring (bicyclic) bond motifs is 1. The van der Waals surface area contributed by atoms with Crippen molar-refractivity contribution in [3.05, 3.63) is 42.1 Å². The van der Waals surface area contributed by atoms with E-state index in [1.165, 1.54) is 6.42 Å². The number of carbonyl (C=O) groups is 1. The summed E-state index contributed by atoms with van der Waals surface area (Å²) in [5.74, 6) is 0.0814. The second-order valence-corrected chi connectivity index (χ2v) is 5.50. The lowest BCUT2D eigenvalue weighted by Gasteiger charge is -2.34. The van der Waals surface area contributed by atoms with Gasteiger partial charge in [-0.15, -0.1) is 0 Å². The van der Waals surface area contributed by atoms with Crippen LogP contribution in [0.2, 0.25) is 0 Å². The molecule has 0 spiro atoms. The number of rotatable bonds is 3. The number of nitrogens with zero attached hydrogens (tertiary/aromatic N) is 1. The SMILES string of the molecule is COC1(C(=O)c2cnc3ccccc3c2)CCCCC1. The van der Waals surface area contributed by atoms with Crippen molar-refractivity contribution in [1.82, 2.24) is 4.98 Å². The molecule has 1 aliphatic rings. The molecule has 0 amide bonds. The van der Waals surface area contributed by atoms with Crippen molar-refractivity contribution >= 4 is 16.7 Å². The van der Waals surface area contributed by atoms with Crippen LogP contribution in [0.25, 0.3) is 10.9 Å². The predicted molar refractivity (Wildman–Crippen MR) is 78.9 cm³/mol. The highest BCUT2D eigenvalue weighted by Gasteiger charge is 2.40. The van der Waals surface area contributed by atoms with E-state index >= 15 is 0 Å². The van der Waals surface area contributed by atoms with E-state index in [1.54, 1.807) is 13.3 Å². The van der Waals surface area contributed by atoms with Gasteiger partial charge in [0.15, 0.2) is 5.78 Å². The number of ether oxygens (including phenoxy) is 1. The highest BCUT2D eigenvalue weighted by Crippen LogP contribution is 2.34. The van der Waals surface area contributed by atoms with Gasteiger partial charge in [-0.2, -0.15) is 0 Å². The molecule has 1 heterocycles. The molecule has 0 bridgehead atoms. The summed E-state index contributed by atoms with van der Waals surface area (Å²) in [5.41, 5.74) is 0.939. The first-order valence-corrected chi connectivity index (χ1v) is 7.20. The Hall–Kier alpha value is -1.74. The molecule has 20 heavy (non-hydrogen) atoms. The Morgan fingerprint density at radius 2 is 1.95 bits per heavy atom. The molecule has 1 aromatic heterocycles. The first-order chi connectivity index (χ1) is 9.75. The van der Waals surface area contributed by atoms with Crippen LogP contribution in [0.15, 0.2) is 36.5 Å². The molecular weight excluding hydrogens is 250 g/mol. The Balaban J connectivity index is 1.98. The van der Waals surface area contributed by atoms with E-state index in [0.717, 1.165) is 36.6 Å². The van der Waals surface area contributed by atoms with Gasteiger partial charge < -0.3 is 4.74 Å². The molecule has 0 unspecified atom stereocenters. The summed E-state index contributed by atoms with van der Waals surface area (Å²) in [4.78, 5) is 17.2. The van der Waals surface area contributed by atoms with Gasteiger partial charge in [0.05, 0.1) is 5.52 Å². The summed E-state index contributed by atoms with van der Waals surface area (Å²) in [6.07, 6.45) is 6.61. The van der Waals surface area contributed by atoms with Gasteiger partial charge in [0.1, 0.15) is 5.60 Å². The highest BCUT2D eigenvalue weighted by atomic mass is 16.5. The maximum Gasteiger partial charge on any atom is 0.196 e. The van der Waals surface area contributed by atoms with Gasteiger partial charge in [-0.05, 0) is 25.0 Å². The van der Waals surface area contributed by atoms with Crippen molar-refractivity contribution < 1.29 is 9.53 Å². The van der Waals surface area contributed by atoms with Gasteiger partial charge in [0, 0.05) is 24.3 Å². The zero-order valence-electron chi connectivity index (χ0n) is 11.8. The van der Waals surface area contributed by atoms with Crippen molar-refractivity contribution in [2.45, 2.75) is 37.7 Å². The number of methoxy groups -OCH3 is 1. The van der Waals surface area contributed by atoms with Crippen LogP contribution in [0.3, 0.4) is 0 Å². The third-order valence-electron chi connectivity index (χ3n) is 4.32. The number of pyridine rings is 1. The van der Waals surface area contributed by atoms with E-state index in [1.807, 2.05) is 30.3 Å². The Morgan fingerprint density at radius 3 is 2.70 bits per heavy atom. The summed E-state index contributed by atoms with van der Waals surface area (Å²) in [6.45, 7) is 0. The van der Waals surface area contributed by atoms with Crippen molar-refractivity contribution in [3.63, 3.8) is 0 Å². The Morgan fingerprint density at radius 1 is 1.20 bits per heavy atom. The Bertz CT molecular complexity index is 630. The van der Waals surface area contributed by atoms with E-state index < -0.39 is 5.60 Å². The minimum atomic E-state index is -0.637. The number of aromatic nitrogens is 1. The molecule has 0 saturated heterocycles. The lowest BCUT2D eigenvalue weighted by molar-refractivity contribution is -0.0194. The average Bonchev–Trinajstić information content (AvgIpc) is 2.54. The molecule has 3 heteroatoms. The summed E-state index contributed by atoms with van der Waals surface area (Å²) in [7, 11) is 1.65. The minimum absolute atomic E-state index is 0.0814. The second-order valence-electron chi connectivity index (χ2n) is 5.50. The monoisotopic (exact) mass is 269 g/mol. The van der Waals surface area contributed by atoms with Gasteiger partial charge in [-0.3, -0.25) is 9.78 Å². The zero-order chi connectivity index (χ0) is 14.0. The van der Waals surface area contributed by atoms with E-state index in [-0.39, 0.29) is 5.78 Å². The molecule has 0 aliphatic heterocycles.